The van der Waals surface area contributed by atoms with Crippen molar-refractivity contribution in [2.45, 2.75) is 19.9 Å². The van der Waals surface area contributed by atoms with E-state index >= 15 is 0 Å². The number of nitrogen functional groups attached to an aromatic ring is 1. The highest BCUT2D eigenvalue weighted by molar-refractivity contribution is 5.77. The van der Waals surface area contributed by atoms with Crippen LogP contribution in [0.5, 0.6) is 0 Å². The molecule has 24 heavy (non-hydrogen) atoms. The fourth-order valence-corrected chi connectivity index (χ4v) is 2.50. The monoisotopic (exact) mass is 319 g/mol. The number of rotatable bonds is 5. The lowest BCUT2D eigenvalue weighted by Gasteiger charge is -2.17. The Kier molecular flexibility index (Phi) is 4.61. The molecule has 3 aromatic rings. The Morgan fingerprint density at radius 1 is 0.958 bits per heavy atom. The Balaban J connectivity index is 1.80. The van der Waals surface area contributed by atoms with Crippen LogP contribution >= 0.6 is 0 Å². The Labute approximate surface area is 142 Å². The van der Waals surface area contributed by atoms with Gasteiger partial charge in [-0.15, -0.1) is 0 Å². The Morgan fingerprint density at radius 2 is 1.71 bits per heavy atom. The molecule has 0 bridgehead atoms. The van der Waals surface area contributed by atoms with Crippen molar-refractivity contribution in [3.05, 3.63) is 72.1 Å². The predicted octanol–water partition coefficient (Wildman–Crippen LogP) is 4.28. The van der Waals surface area contributed by atoms with Crippen molar-refractivity contribution < 1.29 is 0 Å². The van der Waals surface area contributed by atoms with E-state index in [9.17, 15) is 0 Å². The SMILES string of the molecule is Cc1cccc(Nc2ncnc(NC(C)c3ccccc3)c2N)c1. The molecule has 1 unspecified atom stereocenters. The maximum atomic E-state index is 6.25. The molecule has 1 atom stereocenters. The van der Waals surface area contributed by atoms with Crippen LogP contribution in [0, 0.1) is 6.92 Å². The second kappa shape index (κ2) is 7.00. The Hall–Kier alpha value is -3.08. The number of nitrogens with two attached hydrogens (primary N) is 1. The van der Waals surface area contributed by atoms with Crippen molar-refractivity contribution in [1.82, 2.24) is 9.97 Å². The van der Waals surface area contributed by atoms with Gasteiger partial charge in [-0.2, -0.15) is 0 Å². The van der Waals surface area contributed by atoms with Gasteiger partial charge in [-0.3, -0.25) is 0 Å². The summed E-state index contributed by atoms with van der Waals surface area (Å²) in [5.41, 5.74) is 10.0. The van der Waals surface area contributed by atoms with Gasteiger partial charge < -0.3 is 16.4 Å². The van der Waals surface area contributed by atoms with Crippen LogP contribution in [0.15, 0.2) is 60.9 Å². The Bertz CT molecular complexity index is 817. The van der Waals surface area contributed by atoms with Crippen LogP contribution < -0.4 is 16.4 Å². The lowest BCUT2D eigenvalue weighted by atomic mass is 10.1. The van der Waals surface area contributed by atoms with Crippen LogP contribution in [0.25, 0.3) is 0 Å². The number of hydrogen-bond donors (Lipinski definition) is 3. The topological polar surface area (TPSA) is 75.9 Å². The van der Waals surface area contributed by atoms with E-state index in [-0.39, 0.29) is 6.04 Å². The van der Waals surface area contributed by atoms with Crippen LogP contribution in [0.1, 0.15) is 24.1 Å². The Morgan fingerprint density at radius 3 is 2.46 bits per heavy atom. The van der Waals surface area contributed by atoms with Crippen LogP contribution in [0.4, 0.5) is 23.0 Å². The molecule has 4 N–H and O–H groups in total. The van der Waals surface area contributed by atoms with E-state index in [0.29, 0.717) is 17.3 Å². The zero-order chi connectivity index (χ0) is 16.9. The molecule has 1 aromatic heterocycles. The molecule has 2 aromatic carbocycles. The zero-order valence-corrected chi connectivity index (χ0v) is 13.8. The summed E-state index contributed by atoms with van der Waals surface area (Å²) >= 11 is 0. The molecule has 0 aliphatic heterocycles. The van der Waals surface area contributed by atoms with E-state index in [0.717, 1.165) is 5.69 Å². The predicted molar refractivity (Wildman–Crippen MR) is 99.4 cm³/mol. The third kappa shape index (κ3) is 3.63. The fraction of sp³-hybridized carbons (Fsp3) is 0.158. The van der Waals surface area contributed by atoms with Gasteiger partial charge in [0, 0.05) is 5.69 Å². The molecule has 5 heteroatoms. The highest BCUT2D eigenvalue weighted by Crippen LogP contribution is 2.28. The minimum atomic E-state index is 0.0928. The standard InChI is InChI=1S/C19H21N5/c1-13-7-6-10-16(11-13)24-19-17(20)18(21-12-22-19)23-14(2)15-8-4-3-5-9-15/h3-12,14H,20H2,1-2H3,(H2,21,22,23,24). The van der Waals surface area contributed by atoms with Gasteiger partial charge in [0.1, 0.15) is 12.0 Å². The average Bonchev–Trinajstić information content (AvgIpc) is 2.59. The first-order valence-electron chi connectivity index (χ1n) is 7.89. The van der Waals surface area contributed by atoms with Crippen LogP contribution in [-0.4, -0.2) is 9.97 Å². The third-order valence-corrected chi connectivity index (χ3v) is 3.82. The van der Waals surface area contributed by atoms with Crippen LogP contribution in [-0.2, 0) is 0 Å². The molecule has 3 rings (SSSR count). The van der Waals surface area contributed by atoms with Gasteiger partial charge in [0.05, 0.1) is 6.04 Å². The maximum Gasteiger partial charge on any atom is 0.159 e. The van der Waals surface area contributed by atoms with Crippen molar-refractivity contribution in [3.8, 4) is 0 Å². The number of aromatic nitrogens is 2. The number of aryl methyl sites for hydroxylation is 1. The van der Waals surface area contributed by atoms with Gasteiger partial charge in [0.25, 0.3) is 0 Å². The summed E-state index contributed by atoms with van der Waals surface area (Å²) in [6.45, 7) is 4.12. The van der Waals surface area contributed by atoms with Gasteiger partial charge in [0.15, 0.2) is 11.6 Å². The van der Waals surface area contributed by atoms with Crippen molar-refractivity contribution >= 4 is 23.0 Å². The molecule has 0 aliphatic carbocycles. The summed E-state index contributed by atoms with van der Waals surface area (Å²) in [4.78, 5) is 8.53. The van der Waals surface area contributed by atoms with E-state index in [1.165, 1.54) is 17.5 Å². The van der Waals surface area contributed by atoms with E-state index in [1.54, 1.807) is 0 Å². The molecule has 122 valence electrons. The van der Waals surface area contributed by atoms with E-state index in [1.807, 2.05) is 49.4 Å². The number of hydrogen-bond acceptors (Lipinski definition) is 5. The minimum Gasteiger partial charge on any atom is -0.393 e. The number of nitrogens with one attached hydrogen (secondary N) is 2. The average molecular weight is 319 g/mol. The molecule has 0 amide bonds. The maximum absolute atomic E-state index is 6.25. The van der Waals surface area contributed by atoms with Gasteiger partial charge in [-0.25, -0.2) is 9.97 Å². The van der Waals surface area contributed by atoms with Gasteiger partial charge in [0.2, 0.25) is 0 Å². The third-order valence-electron chi connectivity index (χ3n) is 3.82. The summed E-state index contributed by atoms with van der Waals surface area (Å²) < 4.78 is 0. The van der Waals surface area contributed by atoms with E-state index < -0.39 is 0 Å². The first kappa shape index (κ1) is 15.8. The molecule has 0 saturated carbocycles. The van der Waals surface area contributed by atoms with Crippen LogP contribution in [0.3, 0.4) is 0 Å². The van der Waals surface area contributed by atoms with E-state index in [2.05, 4.69) is 39.7 Å². The van der Waals surface area contributed by atoms with Crippen molar-refractivity contribution in [2.75, 3.05) is 16.4 Å². The molecule has 5 nitrogen and oxygen atoms in total. The molecule has 0 fully saturated rings. The highest BCUT2D eigenvalue weighted by Gasteiger charge is 2.12. The van der Waals surface area contributed by atoms with Gasteiger partial charge in [-0.1, -0.05) is 42.5 Å². The quantitative estimate of drug-likeness (QED) is 0.654. The fourth-order valence-electron chi connectivity index (χ4n) is 2.50. The molecule has 0 radical (unpaired) electrons. The smallest absolute Gasteiger partial charge is 0.159 e. The second-order valence-corrected chi connectivity index (χ2v) is 5.76. The molecule has 0 saturated heterocycles. The lowest BCUT2D eigenvalue weighted by Crippen LogP contribution is -2.11. The first-order valence-corrected chi connectivity index (χ1v) is 7.89. The number of nitrogens with zero attached hydrogens (tertiary/aromatic N) is 2. The molecule has 0 aliphatic rings. The zero-order valence-electron chi connectivity index (χ0n) is 13.8. The lowest BCUT2D eigenvalue weighted by molar-refractivity contribution is 0.873. The summed E-state index contributed by atoms with van der Waals surface area (Å²) in [7, 11) is 0. The number of benzene rings is 2. The summed E-state index contributed by atoms with van der Waals surface area (Å²) in [6, 6.07) is 18.3. The molecule has 0 spiro atoms. The molecular weight excluding hydrogens is 298 g/mol. The number of anilines is 4. The molecular formula is C19H21N5. The van der Waals surface area contributed by atoms with Gasteiger partial charge in [-0.05, 0) is 37.1 Å². The highest BCUT2D eigenvalue weighted by atomic mass is 15.1. The van der Waals surface area contributed by atoms with Crippen molar-refractivity contribution in [1.29, 1.82) is 0 Å². The van der Waals surface area contributed by atoms with Crippen molar-refractivity contribution in [2.24, 2.45) is 0 Å². The first-order chi connectivity index (χ1) is 11.6. The van der Waals surface area contributed by atoms with Crippen LogP contribution in [0.2, 0.25) is 0 Å². The van der Waals surface area contributed by atoms with E-state index in [4.69, 9.17) is 5.73 Å². The second-order valence-electron chi connectivity index (χ2n) is 5.76. The summed E-state index contributed by atoms with van der Waals surface area (Å²) in [6.07, 6.45) is 1.51. The summed E-state index contributed by atoms with van der Waals surface area (Å²) in [5.74, 6) is 1.22. The minimum absolute atomic E-state index is 0.0928. The molecule has 1 heterocycles. The summed E-state index contributed by atoms with van der Waals surface area (Å²) in [5, 5.41) is 6.60. The normalized spacial score (nSPS) is 11.8. The largest absolute Gasteiger partial charge is 0.393 e. The van der Waals surface area contributed by atoms with Crippen molar-refractivity contribution in [3.63, 3.8) is 0 Å². The van der Waals surface area contributed by atoms with Gasteiger partial charge >= 0.3 is 0 Å².